The number of benzene rings is 1. The van der Waals surface area contributed by atoms with Crippen molar-refractivity contribution in [2.45, 2.75) is 18.2 Å². The summed E-state index contributed by atoms with van der Waals surface area (Å²) in [5, 5.41) is 0.473. The summed E-state index contributed by atoms with van der Waals surface area (Å²) >= 11 is 5.70. The smallest absolute Gasteiger partial charge is 0.298 e. The van der Waals surface area contributed by atoms with E-state index in [1.54, 1.807) is 0 Å². The van der Waals surface area contributed by atoms with Crippen molar-refractivity contribution in [2.24, 2.45) is 4.99 Å². The Bertz CT molecular complexity index is 512. The molecule has 18 heavy (non-hydrogen) atoms. The monoisotopic (exact) mass is 290 g/mol. The maximum absolute atomic E-state index is 12.0. The molecule has 0 spiro atoms. The van der Waals surface area contributed by atoms with Gasteiger partial charge in [-0.05, 0) is 30.7 Å². The van der Waals surface area contributed by atoms with Gasteiger partial charge in [-0.3, -0.25) is 0 Å². The van der Waals surface area contributed by atoms with E-state index in [0.717, 1.165) is 6.42 Å². The van der Waals surface area contributed by atoms with Crippen LogP contribution in [0.2, 0.25) is 5.02 Å². The fourth-order valence-corrected chi connectivity index (χ4v) is 2.26. The molecule has 7 heteroatoms. The third kappa shape index (κ3) is 4.19. The number of methoxy groups -OCH3 is 1. The highest BCUT2D eigenvalue weighted by Crippen LogP contribution is 2.13. The Morgan fingerprint density at radius 1 is 1.39 bits per heavy atom. The van der Waals surface area contributed by atoms with Crippen molar-refractivity contribution in [1.82, 2.24) is 4.72 Å². The fourth-order valence-electron chi connectivity index (χ4n) is 1.14. The topological polar surface area (TPSA) is 67.8 Å². The summed E-state index contributed by atoms with van der Waals surface area (Å²) < 4.78 is 31.1. The first kappa shape index (κ1) is 14.8. The van der Waals surface area contributed by atoms with Crippen LogP contribution in [0.1, 0.15) is 13.3 Å². The van der Waals surface area contributed by atoms with Crippen LogP contribution in [0, 0.1) is 0 Å². The SMILES string of the molecule is CCCN=C(NS(=O)(=O)c1ccc(Cl)cc1)OC. The number of aliphatic imine (C=N–C) groups is 1. The number of ether oxygens (including phenoxy) is 1. The highest BCUT2D eigenvalue weighted by atomic mass is 35.5. The van der Waals surface area contributed by atoms with E-state index in [1.165, 1.54) is 31.4 Å². The minimum atomic E-state index is -3.68. The van der Waals surface area contributed by atoms with Crippen LogP contribution in [-0.2, 0) is 14.8 Å². The van der Waals surface area contributed by atoms with Crippen LogP contribution in [0.3, 0.4) is 0 Å². The van der Waals surface area contributed by atoms with Gasteiger partial charge >= 0.3 is 0 Å². The van der Waals surface area contributed by atoms with Gasteiger partial charge in [0.15, 0.2) is 0 Å². The molecule has 0 bridgehead atoms. The molecular weight excluding hydrogens is 276 g/mol. The lowest BCUT2D eigenvalue weighted by atomic mass is 10.4. The Morgan fingerprint density at radius 2 is 2.00 bits per heavy atom. The first-order chi connectivity index (χ1) is 8.49. The van der Waals surface area contributed by atoms with Crippen molar-refractivity contribution < 1.29 is 13.2 Å². The number of nitrogens with zero attached hydrogens (tertiary/aromatic N) is 1. The molecule has 0 fully saturated rings. The lowest BCUT2D eigenvalue weighted by Gasteiger charge is -2.09. The quantitative estimate of drug-likeness (QED) is 0.681. The number of halogens is 1. The highest BCUT2D eigenvalue weighted by Gasteiger charge is 2.16. The Hall–Kier alpha value is -1.27. The molecule has 0 aliphatic heterocycles. The van der Waals surface area contributed by atoms with Gasteiger partial charge in [0, 0.05) is 11.6 Å². The molecule has 0 atom stereocenters. The standard InChI is InChI=1S/C11H15ClN2O3S/c1-3-8-13-11(17-2)14-18(15,16)10-6-4-9(12)5-7-10/h4-7H,3,8H2,1-2H3,(H,13,14). The number of rotatable bonds is 4. The molecule has 0 saturated carbocycles. The number of sulfonamides is 1. The van der Waals surface area contributed by atoms with Crippen LogP contribution in [0.4, 0.5) is 0 Å². The zero-order valence-corrected chi connectivity index (χ0v) is 11.8. The normalized spacial score (nSPS) is 12.3. The predicted molar refractivity (Wildman–Crippen MR) is 71.4 cm³/mol. The lowest BCUT2D eigenvalue weighted by Crippen LogP contribution is -2.32. The Labute approximate surface area is 112 Å². The maximum Gasteiger partial charge on any atom is 0.298 e. The Kier molecular flexibility index (Phi) is 5.43. The first-order valence-corrected chi connectivity index (χ1v) is 7.22. The average molecular weight is 291 g/mol. The third-order valence-corrected chi connectivity index (χ3v) is 3.61. The zero-order chi connectivity index (χ0) is 13.6. The van der Waals surface area contributed by atoms with Crippen molar-refractivity contribution in [3.63, 3.8) is 0 Å². The summed E-state index contributed by atoms with van der Waals surface area (Å²) in [6.07, 6.45) is 0.801. The zero-order valence-electron chi connectivity index (χ0n) is 10.2. The molecule has 0 amide bonds. The minimum Gasteiger partial charge on any atom is -0.468 e. The molecule has 0 radical (unpaired) electrons. The molecule has 0 heterocycles. The van der Waals surface area contributed by atoms with Gasteiger partial charge in [0.05, 0.1) is 12.0 Å². The molecule has 1 aromatic rings. The van der Waals surface area contributed by atoms with Crippen molar-refractivity contribution in [3.05, 3.63) is 29.3 Å². The molecule has 0 aliphatic rings. The van der Waals surface area contributed by atoms with E-state index in [9.17, 15) is 8.42 Å². The van der Waals surface area contributed by atoms with E-state index >= 15 is 0 Å². The van der Waals surface area contributed by atoms with Gasteiger partial charge in [0.25, 0.3) is 16.0 Å². The molecule has 1 aromatic carbocycles. The van der Waals surface area contributed by atoms with Gasteiger partial charge in [-0.2, -0.15) is 0 Å². The van der Waals surface area contributed by atoms with Crippen LogP contribution in [0.5, 0.6) is 0 Å². The Balaban J connectivity index is 2.90. The van der Waals surface area contributed by atoms with E-state index in [-0.39, 0.29) is 10.9 Å². The molecule has 100 valence electrons. The molecule has 0 saturated heterocycles. The number of hydrogen-bond acceptors (Lipinski definition) is 4. The summed E-state index contributed by atoms with van der Waals surface area (Å²) in [4.78, 5) is 4.07. The third-order valence-electron chi connectivity index (χ3n) is 2.02. The molecule has 5 nitrogen and oxygen atoms in total. The van der Waals surface area contributed by atoms with Gasteiger partial charge in [-0.1, -0.05) is 18.5 Å². The largest absolute Gasteiger partial charge is 0.468 e. The molecular formula is C11H15ClN2O3S. The van der Waals surface area contributed by atoms with Crippen molar-refractivity contribution in [3.8, 4) is 0 Å². The van der Waals surface area contributed by atoms with E-state index in [4.69, 9.17) is 16.3 Å². The van der Waals surface area contributed by atoms with Crippen molar-refractivity contribution in [1.29, 1.82) is 0 Å². The Morgan fingerprint density at radius 3 is 2.50 bits per heavy atom. The van der Waals surface area contributed by atoms with Crippen LogP contribution in [0.15, 0.2) is 34.2 Å². The molecule has 0 aliphatic carbocycles. The maximum atomic E-state index is 12.0. The van der Waals surface area contributed by atoms with Crippen LogP contribution in [-0.4, -0.2) is 28.1 Å². The molecule has 1 rings (SSSR count). The van der Waals surface area contributed by atoms with E-state index in [1.807, 2.05) is 6.92 Å². The van der Waals surface area contributed by atoms with Gasteiger partial charge in [-0.25, -0.2) is 18.1 Å². The van der Waals surface area contributed by atoms with Gasteiger partial charge < -0.3 is 4.74 Å². The van der Waals surface area contributed by atoms with E-state index < -0.39 is 10.0 Å². The molecule has 0 aromatic heterocycles. The van der Waals surface area contributed by atoms with Crippen LogP contribution >= 0.6 is 11.6 Å². The summed E-state index contributed by atoms with van der Waals surface area (Å²) in [7, 11) is -2.32. The fraction of sp³-hybridized carbons (Fsp3) is 0.364. The molecule has 0 unspecified atom stereocenters. The predicted octanol–water partition coefficient (Wildman–Crippen LogP) is 2.03. The van der Waals surface area contributed by atoms with Gasteiger partial charge in [0.2, 0.25) is 0 Å². The second-order valence-electron chi connectivity index (χ2n) is 3.45. The summed E-state index contributed by atoms with van der Waals surface area (Å²) in [6, 6.07) is 5.82. The highest BCUT2D eigenvalue weighted by molar-refractivity contribution is 7.90. The van der Waals surface area contributed by atoms with Crippen LogP contribution < -0.4 is 4.72 Å². The van der Waals surface area contributed by atoms with Crippen molar-refractivity contribution >= 4 is 27.6 Å². The summed E-state index contributed by atoms with van der Waals surface area (Å²) in [5.41, 5.74) is 0. The summed E-state index contributed by atoms with van der Waals surface area (Å²) in [5.74, 6) is 0. The second kappa shape index (κ2) is 6.61. The molecule has 1 N–H and O–H groups in total. The van der Waals surface area contributed by atoms with Gasteiger partial charge in [0.1, 0.15) is 0 Å². The van der Waals surface area contributed by atoms with E-state index in [2.05, 4.69) is 9.71 Å². The number of hydrogen-bond donors (Lipinski definition) is 1. The minimum absolute atomic E-state index is 0.0215. The van der Waals surface area contributed by atoms with E-state index in [0.29, 0.717) is 11.6 Å². The lowest BCUT2D eigenvalue weighted by molar-refractivity contribution is 0.387. The number of amidine groups is 1. The average Bonchev–Trinajstić information content (AvgIpc) is 2.35. The first-order valence-electron chi connectivity index (χ1n) is 5.36. The number of nitrogens with one attached hydrogen (secondary N) is 1. The second-order valence-corrected chi connectivity index (χ2v) is 5.57. The van der Waals surface area contributed by atoms with Crippen LogP contribution in [0.25, 0.3) is 0 Å². The van der Waals surface area contributed by atoms with Gasteiger partial charge in [-0.15, -0.1) is 0 Å². The van der Waals surface area contributed by atoms with Crippen molar-refractivity contribution in [2.75, 3.05) is 13.7 Å². The summed E-state index contributed by atoms with van der Waals surface area (Å²) in [6.45, 7) is 2.43.